The van der Waals surface area contributed by atoms with Crippen LogP contribution in [0, 0.1) is 6.92 Å². The minimum atomic E-state index is -1.09. The number of ether oxygens (including phenoxy) is 1. The van der Waals surface area contributed by atoms with Crippen LogP contribution in [-0.2, 0) is 0 Å². The van der Waals surface area contributed by atoms with Crippen molar-refractivity contribution in [1.29, 1.82) is 0 Å². The molecule has 1 N–H and O–H groups in total. The Hall–Kier alpha value is -2.60. The lowest BCUT2D eigenvalue weighted by atomic mass is 10.2. The molecule has 0 fully saturated rings. The van der Waals surface area contributed by atoms with E-state index in [-0.39, 0.29) is 11.3 Å². The molecule has 1 aromatic carbocycles. The summed E-state index contributed by atoms with van der Waals surface area (Å²) in [5, 5.41) is 13.6. The number of benzene rings is 1. The van der Waals surface area contributed by atoms with E-state index in [0.717, 1.165) is 5.56 Å². The van der Waals surface area contributed by atoms with Gasteiger partial charge in [0.2, 0.25) is 5.88 Å². The molecule has 3 rings (SSSR count). The van der Waals surface area contributed by atoms with Crippen molar-refractivity contribution in [3.8, 4) is 11.6 Å². The van der Waals surface area contributed by atoms with Crippen LogP contribution in [0.3, 0.4) is 0 Å². The molecule has 2 aromatic heterocycles. The molecule has 0 aliphatic carbocycles. The normalized spacial score (nSPS) is 10.8. The zero-order chi connectivity index (χ0) is 15.0. The molecule has 21 heavy (non-hydrogen) atoms. The number of carboxylic acid groups (broad SMARTS) is 1. The molecule has 0 amide bonds. The Morgan fingerprint density at radius 2 is 2.14 bits per heavy atom. The first-order valence-corrected chi connectivity index (χ1v) is 6.43. The van der Waals surface area contributed by atoms with Crippen LogP contribution in [-0.4, -0.2) is 25.7 Å². The second-order valence-electron chi connectivity index (χ2n) is 4.45. The fourth-order valence-corrected chi connectivity index (χ4v) is 2.12. The van der Waals surface area contributed by atoms with Gasteiger partial charge in [-0.05, 0) is 30.7 Å². The highest BCUT2D eigenvalue weighted by molar-refractivity contribution is 6.30. The first kappa shape index (κ1) is 13.4. The van der Waals surface area contributed by atoms with Gasteiger partial charge in [0.1, 0.15) is 17.6 Å². The summed E-state index contributed by atoms with van der Waals surface area (Å²) >= 11 is 5.91. The number of carbonyl (C=O) groups is 1. The summed E-state index contributed by atoms with van der Waals surface area (Å²) in [7, 11) is 0. The maximum Gasteiger partial charge on any atom is 0.339 e. The second-order valence-corrected chi connectivity index (χ2v) is 4.89. The Kier molecular flexibility index (Phi) is 3.23. The number of halogens is 1. The van der Waals surface area contributed by atoms with E-state index in [1.54, 1.807) is 6.07 Å². The molecule has 0 aliphatic heterocycles. The number of hydrogen-bond acceptors (Lipinski definition) is 4. The largest absolute Gasteiger partial charge is 0.478 e. The lowest BCUT2D eigenvalue weighted by Crippen LogP contribution is -2.02. The lowest BCUT2D eigenvalue weighted by Gasteiger charge is -2.10. The Morgan fingerprint density at radius 3 is 2.90 bits per heavy atom. The fraction of sp³-hybridized carbons (Fsp3) is 0.0714. The van der Waals surface area contributed by atoms with Crippen LogP contribution in [0.15, 0.2) is 36.7 Å². The number of aryl methyl sites for hydroxylation is 1. The third kappa shape index (κ3) is 2.53. The Morgan fingerprint density at radius 1 is 1.33 bits per heavy atom. The average molecular weight is 304 g/mol. The summed E-state index contributed by atoms with van der Waals surface area (Å²) < 4.78 is 7.18. The predicted molar refractivity (Wildman–Crippen MR) is 76.2 cm³/mol. The van der Waals surface area contributed by atoms with Crippen LogP contribution in [0.1, 0.15) is 15.9 Å². The minimum Gasteiger partial charge on any atom is -0.478 e. The first-order chi connectivity index (χ1) is 10.0. The number of fused-ring (bicyclic) bond motifs is 1. The molecule has 0 bridgehead atoms. The monoisotopic (exact) mass is 303 g/mol. The SMILES string of the molecule is Cc1cc(Oc2cc(Cl)ccc2C(=O)O)n2ncnc2c1. The van der Waals surface area contributed by atoms with E-state index in [0.29, 0.717) is 16.5 Å². The van der Waals surface area contributed by atoms with Gasteiger partial charge in [-0.25, -0.2) is 9.78 Å². The highest BCUT2D eigenvalue weighted by Gasteiger charge is 2.14. The van der Waals surface area contributed by atoms with E-state index < -0.39 is 5.97 Å². The quantitative estimate of drug-likeness (QED) is 0.804. The fourth-order valence-electron chi connectivity index (χ4n) is 1.96. The minimum absolute atomic E-state index is 0.0224. The van der Waals surface area contributed by atoms with Crippen LogP contribution >= 0.6 is 11.6 Å². The van der Waals surface area contributed by atoms with Crippen molar-refractivity contribution in [2.24, 2.45) is 0 Å². The smallest absolute Gasteiger partial charge is 0.339 e. The van der Waals surface area contributed by atoms with Gasteiger partial charge in [0, 0.05) is 17.2 Å². The zero-order valence-electron chi connectivity index (χ0n) is 10.9. The molecule has 0 saturated carbocycles. The van der Waals surface area contributed by atoms with E-state index in [2.05, 4.69) is 10.1 Å². The van der Waals surface area contributed by atoms with Gasteiger partial charge < -0.3 is 9.84 Å². The number of carboxylic acids is 1. The maximum absolute atomic E-state index is 11.2. The van der Waals surface area contributed by atoms with Crippen LogP contribution in [0.25, 0.3) is 5.65 Å². The van der Waals surface area contributed by atoms with Crippen molar-refractivity contribution in [2.75, 3.05) is 0 Å². The number of aromatic carboxylic acids is 1. The number of pyridine rings is 1. The third-order valence-electron chi connectivity index (χ3n) is 2.88. The summed E-state index contributed by atoms with van der Waals surface area (Å²) in [6.45, 7) is 1.89. The van der Waals surface area contributed by atoms with Crippen molar-refractivity contribution in [3.05, 3.63) is 52.8 Å². The van der Waals surface area contributed by atoms with Crippen LogP contribution in [0.4, 0.5) is 0 Å². The summed E-state index contributed by atoms with van der Waals surface area (Å²) in [6.07, 6.45) is 1.40. The average Bonchev–Trinajstić information content (AvgIpc) is 2.86. The Balaban J connectivity index is 2.12. The number of rotatable bonds is 3. The van der Waals surface area contributed by atoms with Crippen molar-refractivity contribution in [3.63, 3.8) is 0 Å². The zero-order valence-corrected chi connectivity index (χ0v) is 11.7. The summed E-state index contributed by atoms with van der Waals surface area (Å²) in [6, 6.07) is 7.94. The molecule has 0 radical (unpaired) electrons. The topological polar surface area (TPSA) is 76.7 Å². The first-order valence-electron chi connectivity index (χ1n) is 6.05. The molecule has 0 atom stereocenters. The van der Waals surface area contributed by atoms with E-state index in [1.165, 1.54) is 29.0 Å². The van der Waals surface area contributed by atoms with E-state index in [9.17, 15) is 9.90 Å². The Bertz CT molecular complexity index is 845. The summed E-state index contributed by atoms with van der Waals surface area (Å²) in [5.74, 6) is -0.575. The van der Waals surface area contributed by atoms with Gasteiger partial charge in [-0.3, -0.25) is 0 Å². The van der Waals surface area contributed by atoms with Crippen molar-refractivity contribution in [1.82, 2.24) is 14.6 Å². The van der Waals surface area contributed by atoms with Gasteiger partial charge in [0.25, 0.3) is 0 Å². The van der Waals surface area contributed by atoms with Crippen molar-refractivity contribution < 1.29 is 14.6 Å². The molecule has 6 nitrogen and oxygen atoms in total. The third-order valence-corrected chi connectivity index (χ3v) is 3.11. The van der Waals surface area contributed by atoms with Crippen LogP contribution < -0.4 is 4.74 Å². The molecular weight excluding hydrogens is 294 g/mol. The Labute approximate surface area is 124 Å². The maximum atomic E-state index is 11.2. The van der Waals surface area contributed by atoms with E-state index in [4.69, 9.17) is 16.3 Å². The molecule has 7 heteroatoms. The molecule has 0 saturated heterocycles. The summed E-state index contributed by atoms with van der Waals surface area (Å²) in [5.41, 5.74) is 1.56. The van der Waals surface area contributed by atoms with E-state index >= 15 is 0 Å². The lowest BCUT2D eigenvalue weighted by molar-refractivity contribution is 0.0694. The van der Waals surface area contributed by atoms with Crippen LogP contribution in [0.2, 0.25) is 5.02 Å². The van der Waals surface area contributed by atoms with Gasteiger partial charge in [0.15, 0.2) is 5.65 Å². The highest BCUT2D eigenvalue weighted by Crippen LogP contribution is 2.29. The molecule has 3 aromatic rings. The molecule has 106 valence electrons. The standard InChI is InChI=1S/C14H10ClN3O3/c1-8-4-12-16-7-17-18(12)13(5-8)21-11-6-9(15)2-3-10(11)14(19)20/h2-7H,1H3,(H,19,20). The van der Waals surface area contributed by atoms with Gasteiger partial charge in [0.05, 0.1) is 0 Å². The highest BCUT2D eigenvalue weighted by atomic mass is 35.5. The molecule has 0 spiro atoms. The summed E-state index contributed by atoms with van der Waals surface area (Å²) in [4.78, 5) is 15.3. The molecule has 0 aliphatic rings. The van der Waals surface area contributed by atoms with Gasteiger partial charge in [-0.2, -0.15) is 9.61 Å². The van der Waals surface area contributed by atoms with Gasteiger partial charge in [-0.15, -0.1) is 0 Å². The number of nitrogens with zero attached hydrogens (tertiary/aromatic N) is 3. The second kappa shape index (κ2) is 5.06. The molecule has 2 heterocycles. The van der Waals surface area contributed by atoms with E-state index in [1.807, 2.05) is 13.0 Å². The number of hydrogen-bond donors (Lipinski definition) is 1. The molecular formula is C14H10ClN3O3. The van der Waals surface area contributed by atoms with Gasteiger partial charge in [-0.1, -0.05) is 11.6 Å². The van der Waals surface area contributed by atoms with Crippen molar-refractivity contribution >= 4 is 23.2 Å². The predicted octanol–water partition coefficient (Wildman–Crippen LogP) is 3.18. The molecule has 0 unspecified atom stereocenters. The number of aromatic nitrogens is 3. The van der Waals surface area contributed by atoms with Crippen molar-refractivity contribution in [2.45, 2.75) is 6.92 Å². The van der Waals surface area contributed by atoms with Gasteiger partial charge >= 0.3 is 5.97 Å². The van der Waals surface area contributed by atoms with Crippen LogP contribution in [0.5, 0.6) is 11.6 Å².